The molecule has 0 aliphatic carbocycles. The SMILES string of the molecule is CN=C(NCC(C)(C)c1ccc2c(c1)OCCO2)NC1CCN(C(=O)C(C)C)C1. The van der Waals surface area contributed by atoms with Gasteiger partial charge in [0.05, 0.1) is 0 Å². The van der Waals surface area contributed by atoms with Gasteiger partial charge in [-0.25, -0.2) is 0 Å². The molecule has 1 aromatic rings. The summed E-state index contributed by atoms with van der Waals surface area (Å²) in [6, 6.07) is 6.37. The number of guanidine groups is 1. The number of benzene rings is 1. The zero-order valence-corrected chi connectivity index (χ0v) is 18.2. The predicted octanol–water partition coefficient (Wildman–Crippen LogP) is 2.16. The molecule has 1 fully saturated rings. The smallest absolute Gasteiger partial charge is 0.225 e. The standard InChI is InChI=1S/C22H34N4O3/c1-15(2)20(27)26-9-8-17(13-26)25-21(23-5)24-14-22(3,4)16-6-7-18-19(12-16)29-11-10-28-18/h6-7,12,15,17H,8-11,13-14H2,1-5H3,(H2,23,24,25). The maximum atomic E-state index is 12.2. The second kappa shape index (κ2) is 8.93. The Morgan fingerprint density at radius 2 is 2.00 bits per heavy atom. The molecule has 1 saturated heterocycles. The fraction of sp³-hybridized carbons (Fsp3) is 0.636. The lowest BCUT2D eigenvalue weighted by molar-refractivity contribution is -0.133. The Balaban J connectivity index is 1.55. The number of ether oxygens (including phenoxy) is 2. The van der Waals surface area contributed by atoms with Gasteiger partial charge in [-0.1, -0.05) is 33.8 Å². The second-order valence-electron chi connectivity index (χ2n) is 8.74. The minimum absolute atomic E-state index is 0.0398. The van der Waals surface area contributed by atoms with Crippen molar-refractivity contribution in [3.8, 4) is 11.5 Å². The van der Waals surface area contributed by atoms with Crippen molar-refractivity contribution in [1.29, 1.82) is 0 Å². The molecule has 0 saturated carbocycles. The third-order valence-electron chi connectivity index (χ3n) is 5.58. The van der Waals surface area contributed by atoms with Gasteiger partial charge in [-0.15, -0.1) is 0 Å². The van der Waals surface area contributed by atoms with Gasteiger partial charge in [-0.3, -0.25) is 9.79 Å². The maximum absolute atomic E-state index is 12.2. The van der Waals surface area contributed by atoms with Crippen LogP contribution in [0.15, 0.2) is 23.2 Å². The highest BCUT2D eigenvalue weighted by Crippen LogP contribution is 2.34. The Hall–Kier alpha value is -2.44. The summed E-state index contributed by atoms with van der Waals surface area (Å²) in [5, 5.41) is 6.91. The monoisotopic (exact) mass is 402 g/mol. The van der Waals surface area contributed by atoms with Crippen LogP contribution in [0.4, 0.5) is 0 Å². The van der Waals surface area contributed by atoms with E-state index in [1.807, 2.05) is 24.8 Å². The average molecular weight is 403 g/mol. The summed E-state index contributed by atoms with van der Waals surface area (Å²) in [5.41, 5.74) is 1.06. The highest BCUT2D eigenvalue weighted by molar-refractivity contribution is 5.81. The summed E-state index contributed by atoms with van der Waals surface area (Å²) < 4.78 is 11.4. The van der Waals surface area contributed by atoms with Crippen molar-refractivity contribution in [3.63, 3.8) is 0 Å². The number of amides is 1. The summed E-state index contributed by atoms with van der Waals surface area (Å²) in [5.74, 6) is 2.64. The van der Waals surface area contributed by atoms with E-state index in [-0.39, 0.29) is 23.3 Å². The number of hydrogen-bond donors (Lipinski definition) is 2. The van der Waals surface area contributed by atoms with Crippen molar-refractivity contribution in [1.82, 2.24) is 15.5 Å². The van der Waals surface area contributed by atoms with Crippen molar-refractivity contribution >= 4 is 11.9 Å². The fourth-order valence-corrected chi connectivity index (χ4v) is 3.70. The van der Waals surface area contributed by atoms with Crippen molar-refractivity contribution in [3.05, 3.63) is 23.8 Å². The van der Waals surface area contributed by atoms with Gasteiger partial charge in [0.1, 0.15) is 13.2 Å². The van der Waals surface area contributed by atoms with Crippen LogP contribution in [-0.4, -0.2) is 62.7 Å². The highest BCUT2D eigenvalue weighted by Gasteiger charge is 2.29. The summed E-state index contributed by atoms with van der Waals surface area (Å²) in [4.78, 5) is 18.5. The van der Waals surface area contributed by atoms with E-state index in [2.05, 4.69) is 41.6 Å². The molecular formula is C22H34N4O3. The molecule has 2 aliphatic rings. The second-order valence-corrected chi connectivity index (χ2v) is 8.74. The highest BCUT2D eigenvalue weighted by atomic mass is 16.6. The Morgan fingerprint density at radius 1 is 1.28 bits per heavy atom. The van der Waals surface area contributed by atoms with E-state index < -0.39 is 0 Å². The van der Waals surface area contributed by atoms with Crippen molar-refractivity contribution in [2.24, 2.45) is 10.9 Å². The molecule has 0 spiro atoms. The van der Waals surface area contributed by atoms with E-state index in [4.69, 9.17) is 9.47 Å². The lowest BCUT2D eigenvalue weighted by Crippen LogP contribution is -2.48. The number of aliphatic imine (C=N–C) groups is 1. The lowest BCUT2D eigenvalue weighted by atomic mass is 9.84. The minimum atomic E-state index is -0.122. The maximum Gasteiger partial charge on any atom is 0.225 e. The zero-order chi connectivity index (χ0) is 21.0. The fourth-order valence-electron chi connectivity index (χ4n) is 3.70. The number of nitrogens with one attached hydrogen (secondary N) is 2. The molecule has 0 aromatic heterocycles. The Kier molecular flexibility index (Phi) is 6.55. The van der Waals surface area contributed by atoms with Crippen molar-refractivity contribution in [2.75, 3.05) is 39.9 Å². The first-order valence-electron chi connectivity index (χ1n) is 10.5. The van der Waals surface area contributed by atoms with Gasteiger partial charge in [-0.05, 0) is 24.1 Å². The molecule has 1 unspecified atom stereocenters. The normalized spacial score (nSPS) is 19.4. The quantitative estimate of drug-likeness (QED) is 0.583. The summed E-state index contributed by atoms with van der Waals surface area (Å²) in [6.07, 6.45) is 0.935. The van der Waals surface area contributed by atoms with Gasteiger partial charge in [-0.2, -0.15) is 0 Å². The number of carbonyl (C=O) groups excluding carboxylic acids is 1. The first kappa shape index (κ1) is 21.3. The van der Waals surface area contributed by atoms with Gasteiger partial charge >= 0.3 is 0 Å². The number of likely N-dealkylation sites (tertiary alicyclic amines) is 1. The van der Waals surface area contributed by atoms with Crippen LogP contribution in [-0.2, 0) is 10.2 Å². The summed E-state index contributed by atoms with van der Waals surface area (Å²) in [7, 11) is 1.78. The van der Waals surface area contributed by atoms with Crippen LogP contribution < -0.4 is 20.1 Å². The van der Waals surface area contributed by atoms with E-state index in [1.165, 1.54) is 5.56 Å². The third kappa shape index (κ3) is 5.14. The molecule has 1 amide bonds. The number of hydrogen-bond acceptors (Lipinski definition) is 4. The topological polar surface area (TPSA) is 75.2 Å². The van der Waals surface area contributed by atoms with Gasteiger partial charge in [0.15, 0.2) is 17.5 Å². The average Bonchev–Trinajstić information content (AvgIpc) is 3.18. The molecule has 0 radical (unpaired) electrons. The Bertz CT molecular complexity index is 760. The molecule has 7 heteroatoms. The van der Waals surface area contributed by atoms with Crippen LogP contribution in [0.25, 0.3) is 0 Å². The molecule has 2 N–H and O–H groups in total. The molecule has 1 aromatic carbocycles. The third-order valence-corrected chi connectivity index (χ3v) is 5.58. The van der Waals surface area contributed by atoms with Gasteiger partial charge in [0.25, 0.3) is 0 Å². The van der Waals surface area contributed by atoms with Crippen LogP contribution in [0.5, 0.6) is 11.5 Å². The first-order chi connectivity index (χ1) is 13.8. The van der Waals surface area contributed by atoms with Gasteiger partial charge < -0.3 is 25.0 Å². The van der Waals surface area contributed by atoms with Crippen LogP contribution >= 0.6 is 0 Å². The van der Waals surface area contributed by atoms with Crippen LogP contribution in [0.2, 0.25) is 0 Å². The molecule has 2 aliphatic heterocycles. The number of nitrogens with zero attached hydrogens (tertiary/aromatic N) is 2. The van der Waals surface area contributed by atoms with Gasteiger partial charge in [0.2, 0.25) is 5.91 Å². The van der Waals surface area contributed by atoms with Crippen LogP contribution in [0.3, 0.4) is 0 Å². The van der Waals surface area contributed by atoms with Crippen molar-refractivity contribution < 1.29 is 14.3 Å². The van der Waals surface area contributed by atoms with Crippen LogP contribution in [0.1, 0.15) is 39.7 Å². The molecular weight excluding hydrogens is 368 g/mol. The number of rotatable bonds is 5. The summed E-state index contributed by atoms with van der Waals surface area (Å²) in [6.45, 7) is 11.7. The molecule has 1 atom stereocenters. The minimum Gasteiger partial charge on any atom is -0.486 e. The first-order valence-corrected chi connectivity index (χ1v) is 10.5. The number of carbonyl (C=O) groups is 1. The van der Waals surface area contributed by atoms with Gasteiger partial charge in [0, 0.05) is 44.1 Å². The van der Waals surface area contributed by atoms with E-state index >= 15 is 0 Å². The predicted molar refractivity (Wildman–Crippen MR) is 115 cm³/mol. The molecule has 160 valence electrons. The molecule has 29 heavy (non-hydrogen) atoms. The van der Waals surface area contributed by atoms with Crippen molar-refractivity contribution in [2.45, 2.75) is 45.6 Å². The Morgan fingerprint density at radius 3 is 2.69 bits per heavy atom. The Labute approximate surface area is 173 Å². The summed E-state index contributed by atoms with van der Waals surface area (Å²) >= 11 is 0. The molecule has 3 rings (SSSR count). The largest absolute Gasteiger partial charge is 0.486 e. The number of fused-ring (bicyclic) bond motifs is 1. The molecule has 0 bridgehead atoms. The lowest BCUT2D eigenvalue weighted by Gasteiger charge is -2.29. The van der Waals surface area contributed by atoms with E-state index in [9.17, 15) is 4.79 Å². The van der Waals surface area contributed by atoms with E-state index in [0.717, 1.165) is 37.0 Å². The van der Waals surface area contributed by atoms with E-state index in [0.29, 0.717) is 19.8 Å². The molecule has 7 nitrogen and oxygen atoms in total. The van der Waals surface area contributed by atoms with E-state index in [1.54, 1.807) is 7.05 Å². The molecule has 2 heterocycles. The van der Waals surface area contributed by atoms with Crippen LogP contribution in [0, 0.1) is 5.92 Å². The zero-order valence-electron chi connectivity index (χ0n) is 18.2.